The quantitative estimate of drug-likeness (QED) is 0.819. The molecule has 0 heterocycles. The fourth-order valence-corrected chi connectivity index (χ4v) is 3.00. The van der Waals surface area contributed by atoms with Crippen molar-refractivity contribution in [3.05, 3.63) is 65.5 Å². The van der Waals surface area contributed by atoms with Crippen LogP contribution in [0, 0.1) is 11.7 Å². The van der Waals surface area contributed by atoms with Crippen LogP contribution in [0.3, 0.4) is 0 Å². The molecule has 0 bridgehead atoms. The molecular formula is C21H26FNO3. The maximum atomic E-state index is 13.2. The Labute approximate surface area is 154 Å². The van der Waals surface area contributed by atoms with E-state index in [2.05, 4.69) is 0 Å². The molecule has 26 heavy (non-hydrogen) atoms. The number of carbonyl (C=O) groups excluding carboxylic acids is 1. The molecule has 0 aliphatic heterocycles. The van der Waals surface area contributed by atoms with Gasteiger partial charge in [0, 0.05) is 7.05 Å². The molecule has 2 rings (SSSR count). The van der Waals surface area contributed by atoms with Gasteiger partial charge in [-0.15, -0.1) is 0 Å². The number of ether oxygens (including phenoxy) is 1. The second-order valence-electron chi connectivity index (χ2n) is 6.78. The lowest BCUT2D eigenvalue weighted by Crippen LogP contribution is -2.36. The first-order valence-corrected chi connectivity index (χ1v) is 8.66. The van der Waals surface area contributed by atoms with Crippen LogP contribution in [0.5, 0.6) is 5.75 Å². The normalized spacial score (nSPS) is 13.3. The topological polar surface area (TPSA) is 49.8 Å². The van der Waals surface area contributed by atoms with Crippen LogP contribution in [0.25, 0.3) is 0 Å². The number of carbonyl (C=O) groups is 1. The van der Waals surface area contributed by atoms with Gasteiger partial charge in [0.1, 0.15) is 11.6 Å². The van der Waals surface area contributed by atoms with Crippen molar-refractivity contribution in [3.8, 4) is 5.75 Å². The minimum atomic E-state index is -0.795. The summed E-state index contributed by atoms with van der Waals surface area (Å²) in [6, 6.07) is 13.1. The second kappa shape index (κ2) is 8.81. The van der Waals surface area contributed by atoms with E-state index in [9.17, 15) is 14.3 Å². The van der Waals surface area contributed by atoms with Gasteiger partial charge in [0.2, 0.25) is 5.91 Å². The number of methoxy groups -OCH3 is 1. The first-order chi connectivity index (χ1) is 12.3. The summed E-state index contributed by atoms with van der Waals surface area (Å²) in [6.07, 6.45) is -0.795. The summed E-state index contributed by atoms with van der Waals surface area (Å²) in [5.74, 6) is -0.0510. The molecule has 0 aliphatic rings. The summed E-state index contributed by atoms with van der Waals surface area (Å²) in [4.78, 5) is 14.5. The highest BCUT2D eigenvalue weighted by Gasteiger charge is 2.28. The van der Waals surface area contributed by atoms with Crippen molar-refractivity contribution in [2.45, 2.75) is 25.9 Å². The van der Waals surface area contributed by atoms with E-state index in [1.165, 1.54) is 17.0 Å². The van der Waals surface area contributed by atoms with E-state index < -0.39 is 6.10 Å². The summed E-state index contributed by atoms with van der Waals surface area (Å²) < 4.78 is 18.3. The lowest BCUT2D eigenvalue weighted by molar-refractivity contribution is -0.133. The zero-order valence-electron chi connectivity index (χ0n) is 15.6. The lowest BCUT2D eigenvalue weighted by Gasteiger charge is -2.28. The van der Waals surface area contributed by atoms with Crippen LogP contribution in [-0.4, -0.2) is 36.6 Å². The molecule has 0 fully saturated rings. The third kappa shape index (κ3) is 4.82. The van der Waals surface area contributed by atoms with Crippen LogP contribution in [0.1, 0.15) is 37.0 Å². The van der Waals surface area contributed by atoms with Gasteiger partial charge in [0.15, 0.2) is 0 Å². The maximum Gasteiger partial charge on any atom is 0.230 e. The predicted molar refractivity (Wildman–Crippen MR) is 99.6 cm³/mol. The molecule has 2 aromatic carbocycles. The predicted octanol–water partition coefficient (Wildman–Crippen LogP) is 3.77. The average Bonchev–Trinajstić information content (AvgIpc) is 2.63. The number of likely N-dealkylation sites (N-methyl/N-ethyl adjacent to an activating group) is 1. The van der Waals surface area contributed by atoms with Crippen LogP contribution in [0.15, 0.2) is 48.5 Å². The van der Waals surface area contributed by atoms with Gasteiger partial charge >= 0.3 is 0 Å². The van der Waals surface area contributed by atoms with Gasteiger partial charge in [0.05, 0.1) is 25.7 Å². The van der Waals surface area contributed by atoms with Crippen LogP contribution in [-0.2, 0) is 4.79 Å². The van der Waals surface area contributed by atoms with Crippen LogP contribution >= 0.6 is 0 Å². The van der Waals surface area contributed by atoms with Crippen molar-refractivity contribution in [2.24, 2.45) is 5.92 Å². The van der Waals surface area contributed by atoms with E-state index in [-0.39, 0.29) is 30.1 Å². The van der Waals surface area contributed by atoms with Gasteiger partial charge in [-0.05, 0) is 41.3 Å². The van der Waals surface area contributed by atoms with Crippen molar-refractivity contribution in [1.82, 2.24) is 4.90 Å². The first-order valence-electron chi connectivity index (χ1n) is 8.66. The van der Waals surface area contributed by atoms with Crippen LogP contribution < -0.4 is 4.74 Å². The van der Waals surface area contributed by atoms with Crippen molar-refractivity contribution in [1.29, 1.82) is 0 Å². The Hall–Kier alpha value is -2.40. The van der Waals surface area contributed by atoms with Crippen LogP contribution in [0.4, 0.5) is 4.39 Å². The number of hydrogen-bond acceptors (Lipinski definition) is 3. The summed E-state index contributed by atoms with van der Waals surface area (Å²) in [5, 5.41) is 10.4. The summed E-state index contributed by atoms with van der Waals surface area (Å²) in [5.41, 5.74) is 1.49. The highest BCUT2D eigenvalue weighted by atomic mass is 19.1. The minimum Gasteiger partial charge on any atom is -0.497 e. The maximum absolute atomic E-state index is 13.2. The van der Waals surface area contributed by atoms with E-state index >= 15 is 0 Å². The van der Waals surface area contributed by atoms with E-state index in [1.54, 1.807) is 50.6 Å². The van der Waals surface area contributed by atoms with E-state index in [4.69, 9.17) is 4.74 Å². The number of amides is 1. The molecule has 140 valence electrons. The van der Waals surface area contributed by atoms with E-state index in [0.717, 1.165) is 5.56 Å². The van der Waals surface area contributed by atoms with Crippen molar-refractivity contribution < 1.29 is 19.0 Å². The van der Waals surface area contributed by atoms with E-state index in [0.29, 0.717) is 11.3 Å². The fourth-order valence-electron chi connectivity index (χ4n) is 3.00. The van der Waals surface area contributed by atoms with Crippen molar-refractivity contribution >= 4 is 5.91 Å². The van der Waals surface area contributed by atoms with Gasteiger partial charge in [-0.1, -0.05) is 38.1 Å². The Morgan fingerprint density at radius 1 is 1.08 bits per heavy atom. The molecule has 5 heteroatoms. The molecule has 0 saturated carbocycles. The lowest BCUT2D eigenvalue weighted by atomic mass is 9.87. The molecular weight excluding hydrogens is 333 g/mol. The smallest absolute Gasteiger partial charge is 0.230 e. The molecule has 2 aromatic rings. The Morgan fingerprint density at radius 2 is 1.62 bits per heavy atom. The Kier molecular flexibility index (Phi) is 6.75. The molecule has 0 spiro atoms. The molecule has 0 aliphatic carbocycles. The summed E-state index contributed by atoms with van der Waals surface area (Å²) >= 11 is 0. The third-order valence-electron chi connectivity index (χ3n) is 4.49. The van der Waals surface area contributed by atoms with Crippen molar-refractivity contribution in [2.75, 3.05) is 20.7 Å². The van der Waals surface area contributed by atoms with Gasteiger partial charge in [-0.25, -0.2) is 4.39 Å². The standard InChI is InChI=1S/C21H26FNO3/c1-14(2)20(16-5-9-17(22)10-6-16)21(25)23(3)13-19(24)15-7-11-18(26-4)12-8-15/h5-12,14,19-20,24H,13H2,1-4H3. The Morgan fingerprint density at radius 3 is 2.12 bits per heavy atom. The Balaban J connectivity index is 2.11. The zero-order chi connectivity index (χ0) is 19.3. The molecule has 2 atom stereocenters. The van der Waals surface area contributed by atoms with E-state index in [1.807, 2.05) is 13.8 Å². The first kappa shape index (κ1) is 19.9. The molecule has 0 saturated heterocycles. The number of rotatable bonds is 7. The van der Waals surface area contributed by atoms with Gasteiger partial charge in [0.25, 0.3) is 0 Å². The number of nitrogens with zero attached hydrogens (tertiary/aromatic N) is 1. The monoisotopic (exact) mass is 359 g/mol. The number of aliphatic hydroxyl groups excluding tert-OH is 1. The molecule has 0 radical (unpaired) electrons. The number of hydrogen-bond donors (Lipinski definition) is 1. The number of halogens is 1. The molecule has 1 N–H and O–H groups in total. The molecule has 2 unspecified atom stereocenters. The van der Waals surface area contributed by atoms with Gasteiger partial charge in [-0.2, -0.15) is 0 Å². The minimum absolute atomic E-state index is 0.0496. The van der Waals surface area contributed by atoms with Gasteiger partial charge < -0.3 is 14.7 Å². The fraction of sp³-hybridized carbons (Fsp3) is 0.381. The highest BCUT2D eigenvalue weighted by molar-refractivity contribution is 5.83. The second-order valence-corrected chi connectivity index (χ2v) is 6.78. The number of aliphatic hydroxyl groups is 1. The average molecular weight is 359 g/mol. The largest absolute Gasteiger partial charge is 0.497 e. The number of benzene rings is 2. The highest BCUT2D eigenvalue weighted by Crippen LogP contribution is 2.27. The zero-order valence-corrected chi connectivity index (χ0v) is 15.6. The molecule has 0 aromatic heterocycles. The Bertz CT molecular complexity index is 713. The van der Waals surface area contributed by atoms with Gasteiger partial charge in [-0.3, -0.25) is 4.79 Å². The van der Waals surface area contributed by atoms with Crippen LogP contribution in [0.2, 0.25) is 0 Å². The molecule has 1 amide bonds. The summed E-state index contributed by atoms with van der Waals surface area (Å²) in [6.45, 7) is 4.09. The SMILES string of the molecule is COc1ccc(C(O)CN(C)C(=O)C(c2ccc(F)cc2)C(C)C)cc1. The van der Waals surface area contributed by atoms with Crippen molar-refractivity contribution in [3.63, 3.8) is 0 Å². The third-order valence-corrected chi connectivity index (χ3v) is 4.49. The molecule has 4 nitrogen and oxygen atoms in total. The summed E-state index contributed by atoms with van der Waals surface area (Å²) in [7, 11) is 3.26.